The number of anilines is 1. The van der Waals surface area contributed by atoms with E-state index in [0.717, 1.165) is 24.5 Å². The third-order valence-electron chi connectivity index (χ3n) is 2.25. The SMILES string of the molecule is NC(=O)[C@@H]1CCCN1c1nccs1. The third kappa shape index (κ3) is 1.51. The van der Waals surface area contributed by atoms with Gasteiger partial charge in [0.15, 0.2) is 5.13 Å². The molecule has 1 amide bonds. The van der Waals surface area contributed by atoms with E-state index in [2.05, 4.69) is 4.98 Å². The number of hydrogen-bond donors (Lipinski definition) is 1. The molecule has 2 rings (SSSR count). The van der Waals surface area contributed by atoms with Crippen LogP contribution in [-0.4, -0.2) is 23.5 Å². The van der Waals surface area contributed by atoms with Gasteiger partial charge in [-0.1, -0.05) is 0 Å². The number of hydrogen-bond acceptors (Lipinski definition) is 4. The average molecular weight is 197 g/mol. The molecule has 13 heavy (non-hydrogen) atoms. The van der Waals surface area contributed by atoms with Gasteiger partial charge in [0.05, 0.1) is 0 Å². The summed E-state index contributed by atoms with van der Waals surface area (Å²) in [6.07, 6.45) is 3.62. The summed E-state index contributed by atoms with van der Waals surface area (Å²) in [7, 11) is 0. The fourth-order valence-electron chi connectivity index (χ4n) is 1.65. The molecular weight excluding hydrogens is 186 g/mol. The maximum Gasteiger partial charge on any atom is 0.240 e. The van der Waals surface area contributed by atoms with Crippen molar-refractivity contribution in [2.45, 2.75) is 18.9 Å². The van der Waals surface area contributed by atoms with Crippen LogP contribution in [0.4, 0.5) is 5.13 Å². The largest absolute Gasteiger partial charge is 0.368 e. The second-order valence-corrected chi connectivity index (χ2v) is 3.94. The molecular formula is C8H11N3OS. The number of nitrogens with two attached hydrogens (primary N) is 1. The predicted octanol–water partition coefficient (Wildman–Crippen LogP) is 0.597. The van der Waals surface area contributed by atoms with Crippen LogP contribution in [0, 0.1) is 0 Å². The van der Waals surface area contributed by atoms with Crippen molar-refractivity contribution in [1.82, 2.24) is 4.98 Å². The molecule has 70 valence electrons. The van der Waals surface area contributed by atoms with Gasteiger partial charge < -0.3 is 10.6 Å². The zero-order valence-electron chi connectivity index (χ0n) is 7.14. The van der Waals surface area contributed by atoms with Gasteiger partial charge in [-0.25, -0.2) is 4.98 Å². The fraction of sp³-hybridized carbons (Fsp3) is 0.500. The molecule has 1 aliphatic heterocycles. The minimum atomic E-state index is -0.243. The Balaban J connectivity index is 2.19. The lowest BCUT2D eigenvalue weighted by molar-refractivity contribution is -0.119. The zero-order chi connectivity index (χ0) is 9.26. The highest BCUT2D eigenvalue weighted by molar-refractivity contribution is 7.13. The summed E-state index contributed by atoms with van der Waals surface area (Å²) in [6, 6.07) is -0.147. The van der Waals surface area contributed by atoms with Crippen LogP contribution in [0.3, 0.4) is 0 Å². The Hall–Kier alpha value is -1.10. The van der Waals surface area contributed by atoms with E-state index in [0.29, 0.717) is 0 Å². The van der Waals surface area contributed by atoms with Crippen molar-refractivity contribution in [1.29, 1.82) is 0 Å². The Morgan fingerprint density at radius 3 is 3.23 bits per heavy atom. The van der Waals surface area contributed by atoms with Crippen LogP contribution in [0.5, 0.6) is 0 Å². The second-order valence-electron chi connectivity index (χ2n) is 3.07. The smallest absolute Gasteiger partial charge is 0.240 e. The van der Waals surface area contributed by atoms with E-state index >= 15 is 0 Å². The summed E-state index contributed by atoms with van der Waals surface area (Å²) < 4.78 is 0. The first-order chi connectivity index (χ1) is 6.29. The minimum absolute atomic E-state index is 0.147. The van der Waals surface area contributed by atoms with E-state index in [1.165, 1.54) is 0 Å². The van der Waals surface area contributed by atoms with Crippen molar-refractivity contribution < 1.29 is 4.79 Å². The Morgan fingerprint density at radius 2 is 2.62 bits per heavy atom. The van der Waals surface area contributed by atoms with E-state index in [1.54, 1.807) is 17.5 Å². The number of carbonyl (C=O) groups excluding carboxylic acids is 1. The molecule has 2 heterocycles. The van der Waals surface area contributed by atoms with Gasteiger partial charge in [-0.05, 0) is 12.8 Å². The summed E-state index contributed by atoms with van der Waals surface area (Å²) >= 11 is 1.55. The molecule has 0 aliphatic carbocycles. The molecule has 2 N–H and O–H groups in total. The highest BCUT2D eigenvalue weighted by Crippen LogP contribution is 2.26. The molecule has 0 spiro atoms. The van der Waals surface area contributed by atoms with Crippen LogP contribution in [0.2, 0.25) is 0 Å². The van der Waals surface area contributed by atoms with E-state index in [-0.39, 0.29) is 11.9 Å². The van der Waals surface area contributed by atoms with Gasteiger partial charge in [0.25, 0.3) is 0 Å². The molecule has 5 heteroatoms. The quantitative estimate of drug-likeness (QED) is 0.755. The lowest BCUT2D eigenvalue weighted by Crippen LogP contribution is -2.40. The van der Waals surface area contributed by atoms with Crippen LogP contribution in [0.1, 0.15) is 12.8 Å². The molecule has 0 radical (unpaired) electrons. The van der Waals surface area contributed by atoms with Gasteiger partial charge in [-0.3, -0.25) is 4.79 Å². The Labute approximate surface area is 80.4 Å². The van der Waals surface area contributed by atoms with Crippen molar-refractivity contribution >= 4 is 22.4 Å². The first kappa shape index (κ1) is 8.50. The van der Waals surface area contributed by atoms with Crippen LogP contribution >= 0.6 is 11.3 Å². The number of aromatic nitrogens is 1. The molecule has 1 aliphatic rings. The number of amides is 1. The van der Waals surface area contributed by atoms with E-state index in [4.69, 9.17) is 5.73 Å². The zero-order valence-corrected chi connectivity index (χ0v) is 7.96. The monoisotopic (exact) mass is 197 g/mol. The summed E-state index contributed by atoms with van der Waals surface area (Å²) in [5, 5.41) is 2.81. The van der Waals surface area contributed by atoms with E-state index in [9.17, 15) is 4.79 Å². The van der Waals surface area contributed by atoms with Crippen molar-refractivity contribution in [3.8, 4) is 0 Å². The van der Waals surface area contributed by atoms with Gasteiger partial charge in [-0.2, -0.15) is 0 Å². The number of primary amides is 1. The van der Waals surface area contributed by atoms with Gasteiger partial charge in [-0.15, -0.1) is 11.3 Å². The molecule has 1 atom stereocenters. The second kappa shape index (κ2) is 3.33. The molecule has 0 aromatic carbocycles. The summed E-state index contributed by atoms with van der Waals surface area (Å²) in [6.45, 7) is 0.890. The normalized spacial score (nSPS) is 22.2. The van der Waals surface area contributed by atoms with Crippen molar-refractivity contribution in [3.05, 3.63) is 11.6 Å². The minimum Gasteiger partial charge on any atom is -0.368 e. The van der Waals surface area contributed by atoms with E-state index in [1.807, 2.05) is 10.3 Å². The van der Waals surface area contributed by atoms with Crippen molar-refractivity contribution in [3.63, 3.8) is 0 Å². The van der Waals surface area contributed by atoms with Crippen LogP contribution in [0.25, 0.3) is 0 Å². The highest BCUT2D eigenvalue weighted by atomic mass is 32.1. The number of nitrogens with zero attached hydrogens (tertiary/aromatic N) is 2. The lowest BCUT2D eigenvalue weighted by atomic mass is 10.2. The maximum absolute atomic E-state index is 11.1. The maximum atomic E-state index is 11.1. The molecule has 0 unspecified atom stereocenters. The predicted molar refractivity (Wildman–Crippen MR) is 51.7 cm³/mol. The van der Waals surface area contributed by atoms with Crippen LogP contribution in [-0.2, 0) is 4.79 Å². The van der Waals surface area contributed by atoms with Crippen LogP contribution < -0.4 is 10.6 Å². The highest BCUT2D eigenvalue weighted by Gasteiger charge is 2.30. The standard InChI is InChI=1S/C8H11N3OS/c9-7(12)6-2-1-4-11(6)8-10-3-5-13-8/h3,5-6H,1-2,4H2,(H2,9,12)/t6-/m0/s1. The molecule has 4 nitrogen and oxygen atoms in total. The number of carbonyl (C=O) groups is 1. The molecule has 1 aromatic rings. The van der Waals surface area contributed by atoms with Gasteiger partial charge in [0.2, 0.25) is 5.91 Å². The molecule has 1 fully saturated rings. The molecule has 0 saturated carbocycles. The topological polar surface area (TPSA) is 59.2 Å². The Morgan fingerprint density at radius 1 is 1.77 bits per heavy atom. The molecule has 1 saturated heterocycles. The summed E-state index contributed by atoms with van der Waals surface area (Å²) in [4.78, 5) is 17.2. The van der Waals surface area contributed by atoms with E-state index < -0.39 is 0 Å². The van der Waals surface area contributed by atoms with Crippen LogP contribution in [0.15, 0.2) is 11.6 Å². The number of rotatable bonds is 2. The first-order valence-corrected chi connectivity index (χ1v) is 5.12. The average Bonchev–Trinajstić information content (AvgIpc) is 2.74. The summed E-state index contributed by atoms with van der Waals surface area (Å²) in [5.74, 6) is -0.243. The summed E-state index contributed by atoms with van der Waals surface area (Å²) in [5.41, 5.74) is 5.29. The van der Waals surface area contributed by atoms with Gasteiger partial charge in [0.1, 0.15) is 6.04 Å². The molecule has 0 bridgehead atoms. The fourth-order valence-corrected chi connectivity index (χ4v) is 2.37. The molecule has 1 aromatic heterocycles. The first-order valence-electron chi connectivity index (χ1n) is 4.24. The number of thiazole rings is 1. The lowest BCUT2D eigenvalue weighted by Gasteiger charge is -2.20. The Bertz CT molecular complexity index is 298. The van der Waals surface area contributed by atoms with Gasteiger partial charge >= 0.3 is 0 Å². The third-order valence-corrected chi connectivity index (χ3v) is 3.05. The van der Waals surface area contributed by atoms with Crippen molar-refractivity contribution in [2.75, 3.05) is 11.4 Å². The Kier molecular flexibility index (Phi) is 2.18. The van der Waals surface area contributed by atoms with Gasteiger partial charge in [0, 0.05) is 18.1 Å². The van der Waals surface area contributed by atoms with Crippen molar-refractivity contribution in [2.24, 2.45) is 5.73 Å².